The fraction of sp³-hybridized carbons (Fsp3) is 0. The maximum absolute atomic E-state index is 12.4. The van der Waals surface area contributed by atoms with E-state index in [9.17, 15) is 19.5 Å². The van der Waals surface area contributed by atoms with Crippen molar-refractivity contribution in [1.82, 2.24) is 0 Å². The molecule has 132 valence electrons. The molecule has 0 unspecified atom stereocenters. The van der Waals surface area contributed by atoms with Crippen molar-refractivity contribution in [3.05, 3.63) is 98.1 Å². The van der Waals surface area contributed by atoms with E-state index in [0.29, 0.717) is 26.7 Å². The molecule has 2 aliphatic rings. The minimum Gasteiger partial charge on any atom is -0.507 e. The van der Waals surface area contributed by atoms with Gasteiger partial charge in [0.2, 0.25) is 0 Å². The number of benzene rings is 2. The summed E-state index contributed by atoms with van der Waals surface area (Å²) in [4.78, 5) is 37.2. The predicted octanol–water partition coefficient (Wildman–Crippen LogP) is 5.02. The van der Waals surface area contributed by atoms with Gasteiger partial charge in [-0.2, -0.15) is 0 Å². The molecule has 0 fully saturated rings. The van der Waals surface area contributed by atoms with E-state index in [2.05, 4.69) is 0 Å². The van der Waals surface area contributed by atoms with E-state index >= 15 is 0 Å². The van der Waals surface area contributed by atoms with Crippen LogP contribution in [0.2, 0.25) is 10.0 Å². The summed E-state index contributed by atoms with van der Waals surface area (Å²) < 4.78 is 0. The predicted molar refractivity (Wildman–Crippen MR) is 103 cm³/mol. The Labute approximate surface area is 164 Å². The van der Waals surface area contributed by atoms with Gasteiger partial charge in [0.1, 0.15) is 5.76 Å². The van der Waals surface area contributed by atoms with Crippen LogP contribution in [0, 0.1) is 0 Å². The zero-order valence-electron chi connectivity index (χ0n) is 13.6. The van der Waals surface area contributed by atoms with Crippen molar-refractivity contribution in [2.24, 2.45) is 0 Å². The molecule has 6 heteroatoms. The molecule has 0 heterocycles. The third kappa shape index (κ3) is 2.74. The van der Waals surface area contributed by atoms with E-state index in [0.717, 1.165) is 0 Å². The zero-order valence-corrected chi connectivity index (χ0v) is 15.1. The van der Waals surface area contributed by atoms with Crippen molar-refractivity contribution >= 4 is 46.3 Å². The molecule has 2 aromatic rings. The molecule has 0 saturated heterocycles. The van der Waals surface area contributed by atoms with Crippen LogP contribution in [0.1, 0.15) is 36.6 Å². The first-order valence-electron chi connectivity index (χ1n) is 7.93. The second-order valence-corrected chi connectivity index (χ2v) is 6.94. The molecule has 0 atom stereocenters. The standard InChI is InChI=1S/C21H10Cl2O4/c22-10-4-6-12-16(8-10)20(26)14(18(12)24)2-1-3-15-19(25)13-7-5-11(23)9-17(13)21(15)27/h1-9,26H. The minimum atomic E-state index is -0.423. The van der Waals surface area contributed by atoms with Gasteiger partial charge in [-0.1, -0.05) is 29.3 Å². The minimum absolute atomic E-state index is 0.0189. The molecule has 0 radical (unpaired) electrons. The molecule has 0 spiro atoms. The van der Waals surface area contributed by atoms with Gasteiger partial charge in [0.15, 0.2) is 17.3 Å². The van der Waals surface area contributed by atoms with Crippen molar-refractivity contribution in [3.8, 4) is 0 Å². The summed E-state index contributed by atoms with van der Waals surface area (Å²) in [5, 5.41) is 11.1. The van der Waals surface area contributed by atoms with E-state index in [1.54, 1.807) is 18.2 Å². The van der Waals surface area contributed by atoms with Gasteiger partial charge < -0.3 is 5.11 Å². The molecule has 2 aromatic carbocycles. The van der Waals surface area contributed by atoms with E-state index in [4.69, 9.17) is 23.2 Å². The lowest BCUT2D eigenvalue weighted by Crippen LogP contribution is -2.00. The highest BCUT2D eigenvalue weighted by Crippen LogP contribution is 2.34. The zero-order chi connectivity index (χ0) is 19.3. The Morgan fingerprint density at radius 1 is 0.741 bits per heavy atom. The first-order valence-corrected chi connectivity index (χ1v) is 8.69. The van der Waals surface area contributed by atoms with E-state index in [1.807, 2.05) is 0 Å². The number of halogens is 2. The van der Waals surface area contributed by atoms with Crippen LogP contribution in [0.3, 0.4) is 0 Å². The SMILES string of the molecule is O=C1C(=CC=CC2=C(O)c3cc(Cl)ccc3C2=O)C(=O)c2cc(Cl)ccc21. The topological polar surface area (TPSA) is 71.4 Å². The molecule has 0 bridgehead atoms. The van der Waals surface area contributed by atoms with Crippen molar-refractivity contribution in [2.75, 3.05) is 0 Å². The number of aliphatic hydroxyl groups is 1. The molecule has 4 nitrogen and oxygen atoms in total. The average molecular weight is 397 g/mol. The highest BCUT2D eigenvalue weighted by atomic mass is 35.5. The van der Waals surface area contributed by atoms with Crippen molar-refractivity contribution in [1.29, 1.82) is 0 Å². The Morgan fingerprint density at radius 3 is 1.96 bits per heavy atom. The summed E-state index contributed by atoms with van der Waals surface area (Å²) in [6.45, 7) is 0. The van der Waals surface area contributed by atoms with Gasteiger partial charge in [-0.15, -0.1) is 0 Å². The number of allylic oxidation sites excluding steroid dienone is 5. The van der Waals surface area contributed by atoms with Gasteiger partial charge >= 0.3 is 0 Å². The molecule has 2 aliphatic carbocycles. The Kier molecular flexibility index (Phi) is 4.10. The van der Waals surface area contributed by atoms with Crippen LogP contribution in [0.5, 0.6) is 0 Å². The Balaban J connectivity index is 1.66. The largest absolute Gasteiger partial charge is 0.507 e. The highest BCUT2D eigenvalue weighted by Gasteiger charge is 2.33. The normalized spacial score (nSPS) is 17.4. The van der Waals surface area contributed by atoms with Gasteiger partial charge in [0.05, 0.1) is 11.1 Å². The summed E-state index contributed by atoms with van der Waals surface area (Å²) >= 11 is 11.8. The molecule has 0 amide bonds. The van der Waals surface area contributed by atoms with Crippen LogP contribution in [0.15, 0.2) is 65.8 Å². The monoisotopic (exact) mass is 396 g/mol. The maximum Gasteiger partial charge on any atom is 0.197 e. The smallest absolute Gasteiger partial charge is 0.197 e. The molecule has 0 aliphatic heterocycles. The van der Waals surface area contributed by atoms with Crippen LogP contribution < -0.4 is 0 Å². The first kappa shape index (κ1) is 17.5. The molecular weight excluding hydrogens is 387 g/mol. The lowest BCUT2D eigenvalue weighted by Gasteiger charge is -1.98. The molecular formula is C21H10Cl2O4. The molecule has 0 saturated carbocycles. The number of Topliss-reactive ketones (excluding diaryl/α,β-unsaturated/α-hetero) is 3. The summed E-state index contributed by atoms with van der Waals surface area (Å²) in [6, 6.07) is 9.13. The number of rotatable bonds is 2. The number of aliphatic hydroxyl groups excluding tert-OH is 1. The average Bonchev–Trinajstić information content (AvgIpc) is 3.01. The van der Waals surface area contributed by atoms with Crippen LogP contribution in [0.25, 0.3) is 5.76 Å². The second-order valence-electron chi connectivity index (χ2n) is 6.07. The van der Waals surface area contributed by atoms with Crippen LogP contribution in [-0.4, -0.2) is 22.5 Å². The van der Waals surface area contributed by atoms with E-state index < -0.39 is 11.6 Å². The summed E-state index contributed by atoms with van der Waals surface area (Å²) in [7, 11) is 0. The first-order chi connectivity index (χ1) is 12.9. The number of ketones is 3. The van der Waals surface area contributed by atoms with Crippen LogP contribution in [-0.2, 0) is 0 Å². The third-order valence-corrected chi connectivity index (χ3v) is 4.94. The van der Waals surface area contributed by atoms with Crippen LogP contribution in [0.4, 0.5) is 0 Å². The number of carbonyl (C=O) groups is 3. The number of carbonyl (C=O) groups excluding carboxylic acids is 3. The summed E-state index contributed by atoms with van der Waals surface area (Å²) in [5.41, 5.74) is 1.31. The van der Waals surface area contributed by atoms with Crippen LogP contribution >= 0.6 is 23.2 Å². The second kappa shape index (κ2) is 6.34. The van der Waals surface area contributed by atoms with Crippen molar-refractivity contribution in [3.63, 3.8) is 0 Å². The Hall–Kier alpha value is -2.95. The summed E-state index contributed by atoms with van der Waals surface area (Å²) in [5.74, 6) is -1.37. The molecule has 1 N–H and O–H groups in total. The summed E-state index contributed by atoms with van der Waals surface area (Å²) in [6.07, 6.45) is 4.10. The quantitative estimate of drug-likeness (QED) is 0.571. The van der Waals surface area contributed by atoms with Gasteiger partial charge in [-0.3, -0.25) is 14.4 Å². The number of hydrogen-bond donors (Lipinski definition) is 1. The van der Waals surface area contributed by atoms with E-state index in [1.165, 1.54) is 36.4 Å². The Morgan fingerprint density at radius 2 is 1.30 bits per heavy atom. The Bertz CT molecular complexity index is 1150. The fourth-order valence-corrected chi connectivity index (χ4v) is 3.49. The lowest BCUT2D eigenvalue weighted by molar-refractivity contribution is 0.0986. The molecule has 27 heavy (non-hydrogen) atoms. The van der Waals surface area contributed by atoms with Crippen molar-refractivity contribution < 1.29 is 19.5 Å². The van der Waals surface area contributed by atoms with Gasteiger partial charge in [-0.25, -0.2) is 0 Å². The highest BCUT2D eigenvalue weighted by molar-refractivity contribution is 6.40. The third-order valence-electron chi connectivity index (χ3n) is 4.47. The number of hydrogen-bond acceptors (Lipinski definition) is 4. The number of fused-ring (bicyclic) bond motifs is 2. The lowest BCUT2D eigenvalue weighted by atomic mass is 10.1. The molecule has 0 aromatic heterocycles. The van der Waals surface area contributed by atoms with Gasteiger partial charge in [0.25, 0.3) is 0 Å². The van der Waals surface area contributed by atoms with Gasteiger partial charge in [0, 0.05) is 32.3 Å². The van der Waals surface area contributed by atoms with Gasteiger partial charge in [-0.05, 0) is 48.6 Å². The fourth-order valence-electron chi connectivity index (χ4n) is 3.15. The maximum atomic E-state index is 12.4. The molecule has 4 rings (SSSR count). The van der Waals surface area contributed by atoms with E-state index in [-0.39, 0.29) is 28.3 Å². The van der Waals surface area contributed by atoms with Crippen molar-refractivity contribution in [2.45, 2.75) is 0 Å².